The molecule has 0 aliphatic carbocycles. The van der Waals surface area contributed by atoms with E-state index in [1.165, 1.54) is 17.8 Å². The van der Waals surface area contributed by atoms with E-state index in [9.17, 15) is 4.39 Å². The lowest BCUT2D eigenvalue weighted by Crippen LogP contribution is -2.17. The number of halogens is 1. The third kappa shape index (κ3) is 5.06. The zero-order chi connectivity index (χ0) is 24.9. The Kier molecular flexibility index (Phi) is 7.18. The number of aromatic nitrogens is 3. The third-order valence-corrected chi connectivity index (χ3v) is 6.40. The van der Waals surface area contributed by atoms with Gasteiger partial charge < -0.3 is 19.5 Å². The van der Waals surface area contributed by atoms with Crippen LogP contribution in [0.2, 0.25) is 0 Å². The summed E-state index contributed by atoms with van der Waals surface area (Å²) in [6, 6.07) is 20.1. The number of thioether (sulfide) groups is 1. The van der Waals surface area contributed by atoms with Crippen molar-refractivity contribution in [3.8, 4) is 28.6 Å². The van der Waals surface area contributed by atoms with Gasteiger partial charge in [-0.2, -0.15) is 4.98 Å². The topological polar surface area (TPSA) is 78.4 Å². The summed E-state index contributed by atoms with van der Waals surface area (Å²) < 4.78 is 32.0. The van der Waals surface area contributed by atoms with Crippen LogP contribution in [0.4, 0.5) is 10.1 Å². The van der Waals surface area contributed by atoms with Crippen LogP contribution in [0.1, 0.15) is 31.2 Å². The van der Waals surface area contributed by atoms with Gasteiger partial charge in [0.2, 0.25) is 11.0 Å². The standard InChI is InChI=1S/C27H25FN4O3S/c1-3-33-22-14-13-17(15-23(22)34-4-2)25-29-21-12-8-6-10-19(21)24-26(35-25)30-27(32-31-24)36-16-18-9-5-7-11-20(18)28/h5-15,25,29H,3-4,16H2,1-2H3. The van der Waals surface area contributed by atoms with Crippen molar-refractivity contribution in [3.63, 3.8) is 0 Å². The average molecular weight is 505 g/mol. The lowest BCUT2D eigenvalue weighted by molar-refractivity contribution is 0.223. The van der Waals surface area contributed by atoms with Crippen LogP contribution < -0.4 is 19.5 Å². The SMILES string of the molecule is CCOc1ccc(C2Nc3ccccc3-c3nnc(SCc4ccccc4F)nc3O2)cc1OCC. The molecule has 36 heavy (non-hydrogen) atoms. The molecule has 0 spiro atoms. The first-order chi connectivity index (χ1) is 17.7. The number of nitrogens with zero attached hydrogens (tertiary/aromatic N) is 3. The predicted molar refractivity (Wildman–Crippen MR) is 137 cm³/mol. The number of ether oxygens (including phenoxy) is 3. The van der Waals surface area contributed by atoms with Crippen molar-refractivity contribution in [2.24, 2.45) is 0 Å². The molecule has 7 nitrogen and oxygen atoms in total. The van der Waals surface area contributed by atoms with E-state index in [1.54, 1.807) is 18.2 Å². The van der Waals surface area contributed by atoms with Gasteiger partial charge in [0.05, 0.1) is 13.2 Å². The van der Waals surface area contributed by atoms with E-state index in [4.69, 9.17) is 14.2 Å². The molecule has 2 heterocycles. The van der Waals surface area contributed by atoms with Crippen LogP contribution in [0, 0.1) is 5.82 Å². The summed E-state index contributed by atoms with van der Waals surface area (Å²) in [4.78, 5) is 4.65. The van der Waals surface area contributed by atoms with Crippen molar-refractivity contribution in [3.05, 3.63) is 83.7 Å². The normalized spacial score (nSPS) is 14.0. The van der Waals surface area contributed by atoms with Crippen LogP contribution in [0.5, 0.6) is 17.4 Å². The minimum Gasteiger partial charge on any atom is -0.490 e. The average Bonchev–Trinajstić information content (AvgIpc) is 3.06. The lowest BCUT2D eigenvalue weighted by atomic mass is 10.1. The highest BCUT2D eigenvalue weighted by Gasteiger charge is 2.27. The second-order valence-corrected chi connectivity index (χ2v) is 8.83. The van der Waals surface area contributed by atoms with Crippen LogP contribution in [0.15, 0.2) is 71.9 Å². The summed E-state index contributed by atoms with van der Waals surface area (Å²) >= 11 is 1.30. The number of nitrogens with one attached hydrogen (secondary N) is 1. The van der Waals surface area contributed by atoms with Crippen LogP contribution in [0.3, 0.4) is 0 Å². The van der Waals surface area contributed by atoms with E-state index >= 15 is 0 Å². The quantitative estimate of drug-likeness (QED) is 0.281. The maximum atomic E-state index is 14.1. The lowest BCUT2D eigenvalue weighted by Gasteiger charge is -2.21. The molecule has 184 valence electrons. The summed E-state index contributed by atoms with van der Waals surface area (Å²) in [5.74, 6) is 1.77. The van der Waals surface area contributed by atoms with Gasteiger partial charge in [-0.15, -0.1) is 10.2 Å². The Hall–Kier alpha value is -3.85. The molecular weight excluding hydrogens is 479 g/mol. The predicted octanol–water partition coefficient (Wildman–Crippen LogP) is 6.27. The van der Waals surface area contributed by atoms with Crippen LogP contribution in [-0.4, -0.2) is 28.4 Å². The molecular formula is C27H25FN4O3S. The van der Waals surface area contributed by atoms with Gasteiger partial charge in [-0.25, -0.2) is 4.39 Å². The zero-order valence-corrected chi connectivity index (χ0v) is 20.7. The molecule has 5 rings (SSSR count). The Bertz CT molecular complexity index is 1370. The Labute approximate surface area is 213 Å². The maximum absolute atomic E-state index is 14.1. The fourth-order valence-electron chi connectivity index (χ4n) is 3.85. The molecule has 1 aliphatic heterocycles. The zero-order valence-electron chi connectivity index (χ0n) is 19.9. The number of hydrogen-bond acceptors (Lipinski definition) is 8. The van der Waals surface area contributed by atoms with Crippen LogP contribution in [-0.2, 0) is 5.75 Å². The first-order valence-corrected chi connectivity index (χ1v) is 12.7. The van der Waals surface area contributed by atoms with Crippen LogP contribution >= 0.6 is 11.8 Å². The van der Waals surface area contributed by atoms with Gasteiger partial charge in [0.1, 0.15) is 5.82 Å². The number of rotatable bonds is 8. The van der Waals surface area contributed by atoms with Gasteiger partial charge in [-0.05, 0) is 49.7 Å². The number of anilines is 1. The highest BCUT2D eigenvalue weighted by Crippen LogP contribution is 2.41. The highest BCUT2D eigenvalue weighted by molar-refractivity contribution is 7.98. The minimum absolute atomic E-state index is 0.261. The number of para-hydroxylation sites is 1. The molecule has 1 N–H and O–H groups in total. The van der Waals surface area contributed by atoms with E-state index in [2.05, 4.69) is 20.5 Å². The number of benzene rings is 3. The highest BCUT2D eigenvalue weighted by atomic mass is 32.2. The molecule has 9 heteroatoms. The van der Waals surface area contributed by atoms with Crippen molar-refractivity contribution in [2.75, 3.05) is 18.5 Å². The van der Waals surface area contributed by atoms with E-state index < -0.39 is 6.23 Å². The first kappa shape index (κ1) is 23.9. The van der Waals surface area contributed by atoms with Gasteiger partial charge in [-0.1, -0.05) is 48.2 Å². The van der Waals surface area contributed by atoms with E-state index in [0.717, 1.165) is 16.8 Å². The summed E-state index contributed by atoms with van der Waals surface area (Å²) in [6.07, 6.45) is -0.566. The molecule has 0 radical (unpaired) electrons. The largest absolute Gasteiger partial charge is 0.490 e. The second kappa shape index (κ2) is 10.8. The van der Waals surface area contributed by atoms with Gasteiger partial charge in [0.15, 0.2) is 23.4 Å². The van der Waals surface area contributed by atoms with Crippen molar-refractivity contribution >= 4 is 17.4 Å². The van der Waals surface area contributed by atoms with Crippen molar-refractivity contribution in [1.29, 1.82) is 0 Å². The summed E-state index contributed by atoms with van der Waals surface area (Å²) in [5, 5.41) is 12.6. The van der Waals surface area contributed by atoms with Crippen molar-refractivity contribution < 1.29 is 18.6 Å². The molecule has 4 aromatic rings. The maximum Gasteiger partial charge on any atom is 0.247 e. The summed E-state index contributed by atoms with van der Waals surface area (Å²) in [5.41, 5.74) is 3.62. The van der Waals surface area contributed by atoms with Crippen LogP contribution in [0.25, 0.3) is 11.3 Å². The number of hydrogen-bond donors (Lipinski definition) is 1. The second-order valence-electron chi connectivity index (χ2n) is 7.89. The van der Waals surface area contributed by atoms with E-state index in [-0.39, 0.29) is 5.82 Å². The molecule has 0 amide bonds. The number of fused-ring (bicyclic) bond motifs is 3. The molecule has 0 saturated carbocycles. The molecule has 1 aliphatic rings. The molecule has 0 bridgehead atoms. The van der Waals surface area contributed by atoms with Gasteiger partial charge in [0, 0.05) is 22.6 Å². The summed E-state index contributed by atoms with van der Waals surface area (Å²) in [7, 11) is 0. The van der Waals surface area contributed by atoms with Gasteiger partial charge in [-0.3, -0.25) is 0 Å². The fraction of sp³-hybridized carbons (Fsp3) is 0.222. The minimum atomic E-state index is -0.566. The van der Waals surface area contributed by atoms with Crippen molar-refractivity contribution in [2.45, 2.75) is 31.0 Å². The van der Waals surface area contributed by atoms with Gasteiger partial charge in [0.25, 0.3) is 0 Å². The Morgan fingerprint density at radius 2 is 1.72 bits per heavy atom. The Morgan fingerprint density at radius 3 is 2.56 bits per heavy atom. The Balaban J connectivity index is 1.49. The fourth-order valence-corrected chi connectivity index (χ4v) is 4.61. The molecule has 0 fully saturated rings. The smallest absolute Gasteiger partial charge is 0.247 e. The first-order valence-electron chi connectivity index (χ1n) is 11.7. The molecule has 3 aromatic carbocycles. The molecule has 1 atom stereocenters. The monoisotopic (exact) mass is 504 g/mol. The summed E-state index contributed by atoms with van der Waals surface area (Å²) in [6.45, 7) is 4.91. The third-order valence-electron chi connectivity index (χ3n) is 5.52. The van der Waals surface area contributed by atoms with E-state index in [1.807, 2.05) is 56.3 Å². The molecule has 1 unspecified atom stereocenters. The van der Waals surface area contributed by atoms with Crippen molar-refractivity contribution in [1.82, 2.24) is 15.2 Å². The molecule has 0 saturated heterocycles. The molecule has 1 aromatic heterocycles. The van der Waals surface area contributed by atoms with Gasteiger partial charge >= 0.3 is 0 Å². The van der Waals surface area contributed by atoms with E-state index in [0.29, 0.717) is 52.8 Å². The Morgan fingerprint density at radius 1 is 0.944 bits per heavy atom.